The van der Waals surface area contributed by atoms with Gasteiger partial charge in [-0.2, -0.15) is 0 Å². The van der Waals surface area contributed by atoms with Gasteiger partial charge in [0.25, 0.3) is 0 Å². The first-order valence-corrected chi connectivity index (χ1v) is 6.80. The Bertz CT molecular complexity index is 528. The van der Waals surface area contributed by atoms with Crippen molar-refractivity contribution >= 4 is 11.6 Å². The molecule has 0 aliphatic rings. The van der Waals surface area contributed by atoms with Crippen molar-refractivity contribution < 1.29 is 4.39 Å². The van der Waals surface area contributed by atoms with Crippen LogP contribution in [0.2, 0.25) is 5.02 Å². The predicted molar refractivity (Wildman–Crippen MR) is 78.0 cm³/mol. The molecule has 1 unspecified atom stereocenters. The number of nitrogens with one attached hydrogen (secondary N) is 1. The topological polar surface area (TPSA) is 12.0 Å². The third-order valence-corrected chi connectivity index (χ3v) is 3.30. The maximum Gasteiger partial charge on any atom is 0.128 e. The van der Waals surface area contributed by atoms with Crippen molar-refractivity contribution in [1.29, 1.82) is 0 Å². The zero-order valence-corrected chi connectivity index (χ0v) is 11.6. The van der Waals surface area contributed by atoms with Gasteiger partial charge in [0.1, 0.15) is 5.82 Å². The molecule has 0 saturated carbocycles. The predicted octanol–water partition coefficient (Wildman–Crippen LogP) is 4.37. The molecule has 2 aromatic carbocycles. The van der Waals surface area contributed by atoms with Crippen LogP contribution >= 0.6 is 11.6 Å². The lowest BCUT2D eigenvalue weighted by Crippen LogP contribution is -2.24. The second-order valence-corrected chi connectivity index (χ2v) is 4.90. The van der Waals surface area contributed by atoms with Crippen molar-refractivity contribution in [2.24, 2.45) is 0 Å². The van der Waals surface area contributed by atoms with Gasteiger partial charge in [-0.15, -0.1) is 0 Å². The fourth-order valence-corrected chi connectivity index (χ4v) is 2.35. The quantitative estimate of drug-likeness (QED) is 0.856. The first-order valence-electron chi connectivity index (χ1n) is 6.43. The molecule has 2 rings (SSSR count). The van der Waals surface area contributed by atoms with E-state index in [1.165, 1.54) is 11.6 Å². The van der Waals surface area contributed by atoms with Crippen molar-refractivity contribution in [3.8, 4) is 0 Å². The van der Waals surface area contributed by atoms with Gasteiger partial charge >= 0.3 is 0 Å². The van der Waals surface area contributed by atoms with Gasteiger partial charge in [-0.25, -0.2) is 4.39 Å². The summed E-state index contributed by atoms with van der Waals surface area (Å²) in [6.07, 6.45) is 0.742. The van der Waals surface area contributed by atoms with Crippen molar-refractivity contribution in [2.45, 2.75) is 19.4 Å². The van der Waals surface area contributed by atoms with E-state index in [9.17, 15) is 4.39 Å². The van der Waals surface area contributed by atoms with Gasteiger partial charge in [-0.3, -0.25) is 0 Å². The Morgan fingerprint density at radius 2 is 1.89 bits per heavy atom. The van der Waals surface area contributed by atoms with E-state index >= 15 is 0 Å². The van der Waals surface area contributed by atoms with Crippen LogP contribution in [0.15, 0.2) is 48.5 Å². The lowest BCUT2D eigenvalue weighted by Gasteiger charge is -2.19. The highest BCUT2D eigenvalue weighted by atomic mass is 35.5. The highest BCUT2D eigenvalue weighted by Crippen LogP contribution is 2.24. The fourth-order valence-electron chi connectivity index (χ4n) is 2.17. The van der Waals surface area contributed by atoms with Crippen LogP contribution in [0.1, 0.15) is 24.1 Å². The summed E-state index contributed by atoms with van der Waals surface area (Å²) >= 11 is 5.97. The van der Waals surface area contributed by atoms with Crippen molar-refractivity contribution in [3.63, 3.8) is 0 Å². The lowest BCUT2D eigenvalue weighted by molar-refractivity contribution is 0.510. The van der Waals surface area contributed by atoms with Crippen molar-refractivity contribution in [2.75, 3.05) is 6.54 Å². The van der Waals surface area contributed by atoms with Gasteiger partial charge in [-0.1, -0.05) is 48.9 Å². The van der Waals surface area contributed by atoms with Crippen LogP contribution in [0.4, 0.5) is 4.39 Å². The molecule has 1 N–H and O–H groups in total. The molecule has 3 heteroatoms. The standard InChI is InChI=1S/C16H17ClFN/c1-2-19-16(10-12-6-4-3-5-7-12)14-11-13(17)8-9-15(14)18/h3-9,11,16,19H,2,10H2,1H3. The zero-order valence-electron chi connectivity index (χ0n) is 10.9. The molecule has 1 atom stereocenters. The normalized spacial score (nSPS) is 12.4. The van der Waals surface area contributed by atoms with E-state index in [0.29, 0.717) is 10.6 Å². The molecule has 0 bridgehead atoms. The molecular weight excluding hydrogens is 261 g/mol. The van der Waals surface area contributed by atoms with E-state index in [1.54, 1.807) is 12.1 Å². The molecule has 0 heterocycles. The minimum Gasteiger partial charge on any atom is -0.310 e. The Kier molecular flexibility index (Phi) is 4.94. The Balaban J connectivity index is 2.27. The Morgan fingerprint density at radius 1 is 1.16 bits per heavy atom. The van der Waals surface area contributed by atoms with Crippen LogP contribution in [0, 0.1) is 5.82 Å². The van der Waals surface area contributed by atoms with E-state index < -0.39 is 0 Å². The van der Waals surface area contributed by atoms with Crippen LogP contribution in [0.25, 0.3) is 0 Å². The molecule has 0 aliphatic carbocycles. The van der Waals surface area contributed by atoms with Gasteiger partial charge < -0.3 is 5.32 Å². The molecule has 0 amide bonds. The first kappa shape index (κ1) is 14.0. The van der Waals surface area contributed by atoms with E-state index in [0.717, 1.165) is 13.0 Å². The monoisotopic (exact) mass is 277 g/mol. The van der Waals surface area contributed by atoms with E-state index in [4.69, 9.17) is 11.6 Å². The smallest absolute Gasteiger partial charge is 0.128 e. The van der Waals surface area contributed by atoms with Crippen LogP contribution in [-0.4, -0.2) is 6.54 Å². The minimum atomic E-state index is -0.216. The molecule has 1 nitrogen and oxygen atoms in total. The Labute approximate surface area is 118 Å². The SMILES string of the molecule is CCNC(Cc1ccccc1)c1cc(Cl)ccc1F. The number of likely N-dealkylation sites (N-methyl/N-ethyl adjacent to an activating group) is 1. The first-order chi connectivity index (χ1) is 9.20. The van der Waals surface area contributed by atoms with Crippen molar-refractivity contribution in [3.05, 3.63) is 70.5 Å². The van der Waals surface area contributed by atoms with E-state index in [-0.39, 0.29) is 11.9 Å². The summed E-state index contributed by atoms with van der Waals surface area (Å²) in [5.41, 5.74) is 1.80. The molecule has 2 aromatic rings. The summed E-state index contributed by atoms with van der Waals surface area (Å²) in [5.74, 6) is -0.216. The summed E-state index contributed by atoms with van der Waals surface area (Å²) in [4.78, 5) is 0. The van der Waals surface area contributed by atoms with E-state index in [2.05, 4.69) is 5.32 Å². The molecule has 0 fully saturated rings. The summed E-state index contributed by atoms with van der Waals surface area (Å²) < 4.78 is 13.9. The number of benzene rings is 2. The average molecular weight is 278 g/mol. The lowest BCUT2D eigenvalue weighted by atomic mass is 9.98. The highest BCUT2D eigenvalue weighted by molar-refractivity contribution is 6.30. The molecular formula is C16H17ClFN. The largest absolute Gasteiger partial charge is 0.310 e. The average Bonchev–Trinajstić information content (AvgIpc) is 2.42. The van der Waals surface area contributed by atoms with Crippen molar-refractivity contribution in [1.82, 2.24) is 5.32 Å². The van der Waals surface area contributed by atoms with Gasteiger partial charge in [-0.05, 0) is 36.7 Å². The molecule has 0 saturated heterocycles. The van der Waals surface area contributed by atoms with Crippen LogP contribution < -0.4 is 5.32 Å². The minimum absolute atomic E-state index is 0.0638. The maximum absolute atomic E-state index is 13.9. The fraction of sp³-hybridized carbons (Fsp3) is 0.250. The number of hydrogen-bond acceptors (Lipinski definition) is 1. The van der Waals surface area contributed by atoms with Crippen LogP contribution in [0.5, 0.6) is 0 Å². The van der Waals surface area contributed by atoms with Gasteiger partial charge in [0.05, 0.1) is 0 Å². The molecule has 0 radical (unpaired) electrons. The number of hydrogen-bond donors (Lipinski definition) is 1. The molecule has 0 spiro atoms. The second kappa shape index (κ2) is 6.69. The van der Waals surface area contributed by atoms with Gasteiger partial charge in [0.2, 0.25) is 0 Å². The molecule has 19 heavy (non-hydrogen) atoms. The maximum atomic E-state index is 13.9. The summed E-state index contributed by atoms with van der Waals surface area (Å²) in [5, 5.41) is 3.88. The van der Waals surface area contributed by atoms with Crippen LogP contribution in [-0.2, 0) is 6.42 Å². The summed E-state index contributed by atoms with van der Waals surface area (Å²) in [6.45, 7) is 2.80. The highest BCUT2D eigenvalue weighted by Gasteiger charge is 2.15. The number of halogens is 2. The summed E-state index contributed by atoms with van der Waals surface area (Å²) in [6, 6.07) is 14.7. The summed E-state index contributed by atoms with van der Waals surface area (Å²) in [7, 11) is 0. The van der Waals surface area contributed by atoms with Gasteiger partial charge in [0.15, 0.2) is 0 Å². The number of rotatable bonds is 5. The van der Waals surface area contributed by atoms with Crippen LogP contribution in [0.3, 0.4) is 0 Å². The van der Waals surface area contributed by atoms with E-state index in [1.807, 2.05) is 37.3 Å². The Morgan fingerprint density at radius 3 is 2.58 bits per heavy atom. The zero-order chi connectivity index (χ0) is 13.7. The third-order valence-electron chi connectivity index (χ3n) is 3.07. The molecule has 100 valence electrons. The van der Waals surface area contributed by atoms with Gasteiger partial charge in [0, 0.05) is 16.6 Å². The second-order valence-electron chi connectivity index (χ2n) is 4.47. The third kappa shape index (κ3) is 3.79. The Hall–Kier alpha value is -1.38. The molecule has 0 aromatic heterocycles. The molecule has 0 aliphatic heterocycles.